The van der Waals surface area contributed by atoms with Gasteiger partial charge >= 0.3 is 6.18 Å². The number of Topliss-reactive ketones (excluding diaryl/α,β-unsaturated/α-hetero) is 2. The lowest BCUT2D eigenvalue weighted by molar-refractivity contribution is -0.209. The van der Waals surface area contributed by atoms with Crippen molar-refractivity contribution in [2.45, 2.75) is 203 Å². The van der Waals surface area contributed by atoms with Gasteiger partial charge in [-0.15, -0.1) is 0 Å². The average molecular weight is 717 g/mol. The van der Waals surface area contributed by atoms with Crippen molar-refractivity contribution in [2.75, 3.05) is 0 Å². The van der Waals surface area contributed by atoms with Crippen molar-refractivity contribution in [1.82, 2.24) is 0 Å². The lowest BCUT2D eigenvalue weighted by atomic mass is 9.32. The molecular weight excluding hydrogens is 641 g/mol. The van der Waals surface area contributed by atoms with Crippen molar-refractivity contribution in [3.63, 3.8) is 0 Å². The fraction of sp³-hybridized carbons (Fsp3) is 0.913. The van der Waals surface area contributed by atoms with Crippen LogP contribution in [0.2, 0.25) is 0 Å². The molecule has 0 heterocycles. The maximum absolute atomic E-state index is 14.4. The Morgan fingerprint density at radius 3 is 1.86 bits per heavy atom. The molecular formula is C46H75F3O2. The molecule has 5 aliphatic carbocycles. The molecule has 0 aromatic rings. The Morgan fingerprint density at radius 2 is 1.27 bits per heavy atom. The molecule has 0 radical (unpaired) electrons. The first-order valence-electron chi connectivity index (χ1n) is 21.5. The summed E-state index contributed by atoms with van der Waals surface area (Å²) < 4.78 is 43.1. The fourth-order valence-corrected chi connectivity index (χ4v) is 13.9. The van der Waals surface area contributed by atoms with Crippen LogP contribution in [-0.2, 0) is 9.59 Å². The topological polar surface area (TPSA) is 34.1 Å². The summed E-state index contributed by atoms with van der Waals surface area (Å²) in [6.07, 6.45) is 20.0. The van der Waals surface area contributed by atoms with E-state index in [2.05, 4.69) is 61.5 Å². The van der Waals surface area contributed by atoms with Crippen LogP contribution in [0.25, 0.3) is 0 Å². The molecule has 5 rings (SSSR count). The molecule has 2 nitrogen and oxygen atoms in total. The highest BCUT2D eigenvalue weighted by atomic mass is 19.4. The summed E-state index contributed by atoms with van der Waals surface area (Å²) in [5.41, 5.74) is -0.00587. The van der Waals surface area contributed by atoms with Gasteiger partial charge in [0.25, 0.3) is 0 Å². The Morgan fingerprint density at radius 1 is 0.686 bits per heavy atom. The van der Waals surface area contributed by atoms with E-state index in [0.717, 1.165) is 57.8 Å². The van der Waals surface area contributed by atoms with E-state index >= 15 is 0 Å². The first-order valence-corrected chi connectivity index (χ1v) is 21.5. The lowest BCUT2D eigenvalue weighted by Crippen LogP contribution is -2.66. The van der Waals surface area contributed by atoms with Crippen molar-refractivity contribution in [2.24, 2.45) is 62.1 Å². The summed E-state index contributed by atoms with van der Waals surface area (Å²) >= 11 is 0. The third-order valence-electron chi connectivity index (χ3n) is 17.2. The van der Waals surface area contributed by atoms with E-state index < -0.39 is 28.7 Å². The third-order valence-corrected chi connectivity index (χ3v) is 17.2. The SMILES string of the molecule is CCCCCCCCCCCCCC(=O)[C@H]1CC[C@]2(C)[C@H]3CC=C4[C@@H]5CC(C)(C)CC[C@]5(C)[C@@H](C(=O)C(F)(F)F)C[C@@]4(C)[C@]3(C)CC[C@H]2C1(C)C. The maximum atomic E-state index is 14.4. The monoisotopic (exact) mass is 717 g/mol. The normalized spacial score (nSPS) is 39.9. The molecule has 4 saturated carbocycles. The van der Waals surface area contributed by atoms with E-state index in [1.807, 2.05) is 6.92 Å². The smallest absolute Gasteiger partial charge is 0.299 e. The van der Waals surface area contributed by atoms with Gasteiger partial charge in [0, 0.05) is 18.3 Å². The zero-order valence-corrected chi connectivity index (χ0v) is 34.3. The number of hydrogen-bond donors (Lipinski definition) is 0. The summed E-state index contributed by atoms with van der Waals surface area (Å²) in [7, 11) is 0. The molecule has 0 amide bonds. The van der Waals surface area contributed by atoms with Crippen LogP contribution in [0.4, 0.5) is 13.2 Å². The summed E-state index contributed by atoms with van der Waals surface area (Å²) in [6, 6.07) is 0. The molecule has 0 bridgehead atoms. The summed E-state index contributed by atoms with van der Waals surface area (Å²) in [6.45, 7) is 20.7. The van der Waals surface area contributed by atoms with Gasteiger partial charge in [-0.1, -0.05) is 138 Å². The first-order chi connectivity index (χ1) is 23.7. The van der Waals surface area contributed by atoms with Gasteiger partial charge in [-0.3, -0.25) is 9.59 Å². The van der Waals surface area contributed by atoms with Crippen LogP contribution < -0.4 is 0 Å². The molecule has 9 atom stereocenters. The summed E-state index contributed by atoms with van der Waals surface area (Å²) in [5.74, 6) is -1.22. The molecule has 0 aliphatic heterocycles. The van der Waals surface area contributed by atoms with Gasteiger partial charge in [-0.05, 0) is 114 Å². The number of hydrogen-bond acceptors (Lipinski definition) is 2. The Bertz CT molecular complexity index is 1290. The van der Waals surface area contributed by atoms with Crippen LogP contribution in [0.3, 0.4) is 0 Å². The molecule has 0 aromatic heterocycles. The van der Waals surface area contributed by atoms with Crippen molar-refractivity contribution in [3.8, 4) is 0 Å². The van der Waals surface area contributed by atoms with Gasteiger partial charge in [0.15, 0.2) is 0 Å². The molecule has 292 valence electrons. The van der Waals surface area contributed by atoms with Crippen LogP contribution >= 0.6 is 0 Å². The van der Waals surface area contributed by atoms with Crippen LogP contribution in [0.1, 0.15) is 197 Å². The van der Waals surface area contributed by atoms with Gasteiger partial charge in [0.1, 0.15) is 5.78 Å². The molecule has 51 heavy (non-hydrogen) atoms. The molecule has 5 heteroatoms. The van der Waals surface area contributed by atoms with E-state index in [1.54, 1.807) is 0 Å². The van der Waals surface area contributed by atoms with E-state index in [9.17, 15) is 22.8 Å². The average Bonchev–Trinajstić information content (AvgIpc) is 3.03. The Hall–Kier alpha value is -1.13. The molecule has 0 saturated heterocycles. The van der Waals surface area contributed by atoms with Crippen LogP contribution in [0.15, 0.2) is 11.6 Å². The second-order valence-electron chi connectivity index (χ2n) is 21.0. The second kappa shape index (κ2) is 14.8. The van der Waals surface area contributed by atoms with Gasteiger partial charge in [0.05, 0.1) is 0 Å². The lowest BCUT2D eigenvalue weighted by Gasteiger charge is -2.72. The number of rotatable bonds is 14. The van der Waals surface area contributed by atoms with Gasteiger partial charge in [-0.2, -0.15) is 13.2 Å². The summed E-state index contributed by atoms with van der Waals surface area (Å²) in [4.78, 5) is 27.3. The highest BCUT2D eigenvalue weighted by molar-refractivity contribution is 5.87. The molecule has 0 N–H and O–H groups in total. The number of unbranched alkanes of at least 4 members (excludes halogenated alkanes) is 10. The van der Waals surface area contributed by atoms with E-state index in [4.69, 9.17) is 0 Å². The van der Waals surface area contributed by atoms with E-state index in [-0.39, 0.29) is 33.5 Å². The van der Waals surface area contributed by atoms with E-state index in [0.29, 0.717) is 36.9 Å². The van der Waals surface area contributed by atoms with Crippen LogP contribution in [0, 0.1) is 62.1 Å². The van der Waals surface area contributed by atoms with E-state index in [1.165, 1.54) is 63.4 Å². The molecule has 0 spiro atoms. The predicted octanol–water partition coefficient (Wildman–Crippen LogP) is 14.1. The first kappa shape index (κ1) is 41.0. The molecule has 4 fully saturated rings. The minimum absolute atomic E-state index is 0.0000437. The fourth-order valence-electron chi connectivity index (χ4n) is 13.9. The van der Waals surface area contributed by atoms with Crippen molar-refractivity contribution >= 4 is 11.6 Å². The van der Waals surface area contributed by atoms with Crippen LogP contribution in [0.5, 0.6) is 0 Å². The molecule has 0 aromatic carbocycles. The Labute approximate surface area is 310 Å². The minimum atomic E-state index is -4.82. The van der Waals surface area contributed by atoms with Crippen molar-refractivity contribution in [3.05, 3.63) is 11.6 Å². The number of ketones is 2. The number of carbonyl (C=O) groups excluding carboxylic acids is 2. The Balaban J connectivity index is 1.30. The largest absolute Gasteiger partial charge is 0.450 e. The van der Waals surface area contributed by atoms with Gasteiger partial charge in [0.2, 0.25) is 5.78 Å². The minimum Gasteiger partial charge on any atom is -0.299 e. The second-order valence-corrected chi connectivity index (χ2v) is 21.0. The van der Waals surface area contributed by atoms with Crippen molar-refractivity contribution in [1.29, 1.82) is 0 Å². The van der Waals surface area contributed by atoms with Crippen LogP contribution in [-0.4, -0.2) is 17.7 Å². The highest BCUT2D eigenvalue weighted by Crippen LogP contribution is 2.77. The Kier molecular flexibility index (Phi) is 11.9. The maximum Gasteiger partial charge on any atom is 0.450 e. The standard InChI is InChI=1S/C46H75F3O2/c1-10-11-12-13-14-15-16-17-18-19-20-21-36(50)33-24-26-43(7)37(41(33,4)5)25-27-44(8)38(43)23-22-32-34-30-40(2,3)28-29-42(34,6)35(31-45(32,44)9)39(51)46(47,48)49/h22,33-35,37-38H,10-21,23-31H2,1-9H3/t33-,34+,35-,37+,38-,42+,43+,44-,45-/m1/s1. The number of carbonyl (C=O) groups is 2. The predicted molar refractivity (Wildman–Crippen MR) is 204 cm³/mol. The number of fused-ring (bicyclic) bond motifs is 7. The third kappa shape index (κ3) is 7.35. The highest BCUT2D eigenvalue weighted by Gasteiger charge is 2.71. The summed E-state index contributed by atoms with van der Waals surface area (Å²) in [5, 5.41) is 0. The zero-order chi connectivity index (χ0) is 37.7. The molecule has 0 unspecified atom stereocenters. The van der Waals surface area contributed by atoms with Gasteiger partial charge in [-0.25, -0.2) is 0 Å². The van der Waals surface area contributed by atoms with Crippen molar-refractivity contribution < 1.29 is 22.8 Å². The molecule has 5 aliphatic rings. The number of allylic oxidation sites excluding steroid dienone is 2. The number of halogens is 3. The quantitative estimate of drug-likeness (QED) is 0.132. The number of alkyl halides is 3. The van der Waals surface area contributed by atoms with Gasteiger partial charge < -0.3 is 0 Å². The zero-order valence-electron chi connectivity index (χ0n) is 34.3.